The third kappa shape index (κ3) is 2.89. The molecule has 0 unspecified atom stereocenters. The molecule has 0 atom stereocenters. The number of fused-ring (bicyclic) bond motifs is 1. The molecule has 0 saturated heterocycles. The summed E-state index contributed by atoms with van der Waals surface area (Å²) in [6, 6.07) is 9.50. The number of nitrogens with zero attached hydrogens (tertiary/aromatic N) is 3. The molecule has 21 heavy (non-hydrogen) atoms. The van der Waals surface area contributed by atoms with Gasteiger partial charge in [-0.25, -0.2) is 14.4 Å². The molecule has 3 rings (SSSR count). The van der Waals surface area contributed by atoms with Crippen molar-refractivity contribution in [2.75, 3.05) is 0 Å². The fourth-order valence-electron chi connectivity index (χ4n) is 1.82. The van der Waals surface area contributed by atoms with E-state index in [-0.39, 0.29) is 28.4 Å². The first-order valence-corrected chi connectivity index (χ1v) is 6.74. The van der Waals surface area contributed by atoms with E-state index >= 15 is 0 Å². The fraction of sp³-hybridized carbons (Fsp3) is 0.0714. The lowest BCUT2D eigenvalue weighted by atomic mass is 10.2. The lowest BCUT2D eigenvalue weighted by Gasteiger charge is -2.09. The predicted molar refractivity (Wildman–Crippen MR) is 78.1 cm³/mol. The van der Waals surface area contributed by atoms with Crippen LogP contribution < -0.4 is 4.74 Å². The van der Waals surface area contributed by atoms with Crippen LogP contribution in [0.1, 0.15) is 5.56 Å². The van der Waals surface area contributed by atoms with Crippen LogP contribution in [0.25, 0.3) is 10.9 Å². The first-order chi connectivity index (χ1) is 10.1. The molecule has 3 aromatic rings. The van der Waals surface area contributed by atoms with Crippen molar-refractivity contribution in [1.82, 2.24) is 15.0 Å². The summed E-state index contributed by atoms with van der Waals surface area (Å²) >= 11 is 11.4. The highest BCUT2D eigenvalue weighted by Gasteiger charge is 2.15. The molecule has 0 fully saturated rings. The van der Waals surface area contributed by atoms with Crippen LogP contribution >= 0.6 is 23.2 Å². The van der Waals surface area contributed by atoms with Crippen molar-refractivity contribution >= 4 is 34.1 Å². The third-order valence-corrected chi connectivity index (χ3v) is 3.23. The van der Waals surface area contributed by atoms with Gasteiger partial charge in [-0.05, 0) is 17.2 Å². The van der Waals surface area contributed by atoms with Gasteiger partial charge < -0.3 is 4.74 Å². The number of hydrogen-bond donors (Lipinski definition) is 0. The molecule has 0 spiro atoms. The van der Waals surface area contributed by atoms with Gasteiger partial charge in [-0.1, -0.05) is 41.9 Å². The Labute approximate surface area is 129 Å². The van der Waals surface area contributed by atoms with E-state index in [1.807, 2.05) is 30.3 Å². The normalized spacial score (nSPS) is 10.8. The molecule has 2 heterocycles. The molecule has 0 aliphatic heterocycles. The van der Waals surface area contributed by atoms with Gasteiger partial charge in [-0.15, -0.1) is 0 Å². The number of ether oxygens (including phenoxy) is 1. The monoisotopic (exact) mass is 323 g/mol. The number of hydrogen-bond acceptors (Lipinski definition) is 4. The van der Waals surface area contributed by atoms with Crippen molar-refractivity contribution in [2.24, 2.45) is 0 Å². The number of pyridine rings is 1. The van der Waals surface area contributed by atoms with Crippen molar-refractivity contribution in [2.45, 2.75) is 6.61 Å². The maximum absolute atomic E-state index is 13.9. The van der Waals surface area contributed by atoms with Crippen LogP contribution in [0.15, 0.2) is 36.5 Å². The quantitative estimate of drug-likeness (QED) is 0.539. The van der Waals surface area contributed by atoms with Gasteiger partial charge in [0.1, 0.15) is 12.1 Å². The van der Waals surface area contributed by atoms with Gasteiger partial charge in [-0.2, -0.15) is 4.98 Å². The molecular formula is C14H8Cl2FN3O. The van der Waals surface area contributed by atoms with Crippen molar-refractivity contribution in [1.29, 1.82) is 0 Å². The lowest BCUT2D eigenvalue weighted by Crippen LogP contribution is -2.01. The highest BCUT2D eigenvalue weighted by molar-refractivity contribution is 6.30. The van der Waals surface area contributed by atoms with Crippen molar-refractivity contribution in [3.63, 3.8) is 0 Å². The summed E-state index contributed by atoms with van der Waals surface area (Å²) in [5.74, 6) is -0.583. The molecule has 4 nitrogen and oxygen atoms in total. The summed E-state index contributed by atoms with van der Waals surface area (Å²) in [5.41, 5.74) is 0.931. The summed E-state index contributed by atoms with van der Waals surface area (Å²) in [5, 5.41) is -0.0739. The number of aromatic nitrogens is 3. The van der Waals surface area contributed by atoms with Gasteiger partial charge in [0.15, 0.2) is 11.0 Å². The van der Waals surface area contributed by atoms with Crippen LogP contribution in [-0.4, -0.2) is 15.0 Å². The van der Waals surface area contributed by atoms with E-state index in [4.69, 9.17) is 27.9 Å². The average Bonchev–Trinajstić information content (AvgIpc) is 2.50. The molecule has 0 aliphatic carbocycles. The standard InChI is InChI=1S/C14H8Cl2FN3O/c15-12-10(17)11-9(6-18-12)13(20-14(16)19-11)21-7-8-4-2-1-3-5-8/h1-6H,7H2. The summed E-state index contributed by atoms with van der Waals surface area (Å²) < 4.78 is 19.5. The second-order valence-corrected chi connectivity index (χ2v) is 4.89. The smallest absolute Gasteiger partial charge is 0.227 e. The van der Waals surface area contributed by atoms with E-state index in [0.29, 0.717) is 5.39 Å². The Morgan fingerprint density at radius 3 is 2.62 bits per heavy atom. The molecule has 0 amide bonds. The molecule has 106 valence electrons. The molecule has 1 aromatic carbocycles. The highest BCUT2D eigenvalue weighted by Crippen LogP contribution is 2.28. The Hall–Kier alpha value is -1.98. The number of rotatable bonds is 3. The van der Waals surface area contributed by atoms with E-state index in [2.05, 4.69) is 15.0 Å². The zero-order valence-electron chi connectivity index (χ0n) is 10.6. The average molecular weight is 324 g/mol. The van der Waals surface area contributed by atoms with E-state index < -0.39 is 5.82 Å². The second kappa shape index (κ2) is 5.79. The van der Waals surface area contributed by atoms with E-state index in [0.717, 1.165) is 5.56 Å². The van der Waals surface area contributed by atoms with Crippen LogP contribution in [0.5, 0.6) is 5.88 Å². The van der Waals surface area contributed by atoms with Gasteiger partial charge in [0.05, 0.1) is 5.39 Å². The minimum atomic E-state index is -0.747. The highest BCUT2D eigenvalue weighted by atomic mass is 35.5. The Morgan fingerprint density at radius 1 is 1.10 bits per heavy atom. The fourth-order valence-corrected chi connectivity index (χ4v) is 2.12. The SMILES string of the molecule is Fc1c(Cl)ncc2c(OCc3ccccc3)nc(Cl)nc12. The molecule has 7 heteroatoms. The van der Waals surface area contributed by atoms with Crippen LogP contribution in [0.2, 0.25) is 10.4 Å². The lowest BCUT2D eigenvalue weighted by molar-refractivity contribution is 0.297. The summed E-state index contributed by atoms with van der Waals surface area (Å²) in [4.78, 5) is 11.5. The molecule has 0 saturated carbocycles. The molecular weight excluding hydrogens is 316 g/mol. The minimum Gasteiger partial charge on any atom is -0.472 e. The predicted octanol–water partition coefficient (Wildman–Crippen LogP) is 4.05. The van der Waals surface area contributed by atoms with Gasteiger partial charge in [0.25, 0.3) is 0 Å². The summed E-state index contributed by atoms with van der Waals surface area (Å²) in [6.07, 6.45) is 1.36. The van der Waals surface area contributed by atoms with Gasteiger partial charge in [0, 0.05) is 6.20 Å². The van der Waals surface area contributed by atoms with Gasteiger partial charge in [0.2, 0.25) is 11.2 Å². The molecule has 2 aromatic heterocycles. The summed E-state index contributed by atoms with van der Waals surface area (Å²) in [6.45, 7) is 0.271. The van der Waals surface area contributed by atoms with Crippen molar-refractivity contribution in [3.05, 3.63) is 58.3 Å². The Morgan fingerprint density at radius 2 is 1.86 bits per heavy atom. The number of halogens is 3. The first-order valence-electron chi connectivity index (χ1n) is 5.99. The van der Waals surface area contributed by atoms with E-state index in [9.17, 15) is 4.39 Å². The first kappa shape index (κ1) is 14.0. The zero-order valence-corrected chi connectivity index (χ0v) is 12.1. The maximum Gasteiger partial charge on any atom is 0.227 e. The van der Waals surface area contributed by atoms with Crippen LogP contribution in [0.4, 0.5) is 4.39 Å². The Bertz CT molecular complexity index is 799. The van der Waals surface area contributed by atoms with Crippen LogP contribution in [0, 0.1) is 5.82 Å². The molecule has 0 bridgehead atoms. The van der Waals surface area contributed by atoms with Crippen LogP contribution in [0.3, 0.4) is 0 Å². The molecule has 0 aliphatic rings. The zero-order chi connectivity index (χ0) is 14.8. The molecule has 0 N–H and O–H groups in total. The van der Waals surface area contributed by atoms with Gasteiger partial charge >= 0.3 is 0 Å². The topological polar surface area (TPSA) is 47.9 Å². The minimum absolute atomic E-state index is 0.0157. The maximum atomic E-state index is 13.9. The molecule has 0 radical (unpaired) electrons. The van der Waals surface area contributed by atoms with Crippen molar-refractivity contribution < 1.29 is 9.13 Å². The largest absolute Gasteiger partial charge is 0.472 e. The number of benzene rings is 1. The van der Waals surface area contributed by atoms with Crippen LogP contribution in [-0.2, 0) is 6.61 Å². The van der Waals surface area contributed by atoms with E-state index in [1.165, 1.54) is 6.20 Å². The summed E-state index contributed by atoms with van der Waals surface area (Å²) in [7, 11) is 0. The third-order valence-electron chi connectivity index (χ3n) is 2.80. The van der Waals surface area contributed by atoms with Crippen molar-refractivity contribution in [3.8, 4) is 5.88 Å². The Balaban J connectivity index is 2.00. The Kier molecular flexibility index (Phi) is 3.86. The van der Waals surface area contributed by atoms with Gasteiger partial charge in [-0.3, -0.25) is 0 Å². The second-order valence-electron chi connectivity index (χ2n) is 4.20. The van der Waals surface area contributed by atoms with E-state index in [1.54, 1.807) is 0 Å².